The molecule has 0 bridgehead atoms. The van der Waals surface area contributed by atoms with Gasteiger partial charge in [0.15, 0.2) is 0 Å². The molecule has 2 atom stereocenters. The fourth-order valence-corrected chi connectivity index (χ4v) is 2.89. The van der Waals surface area contributed by atoms with Crippen molar-refractivity contribution in [1.82, 2.24) is 0 Å². The van der Waals surface area contributed by atoms with Gasteiger partial charge in [-0.15, -0.1) is 0 Å². The van der Waals surface area contributed by atoms with Gasteiger partial charge in [0.25, 0.3) is 0 Å². The quantitative estimate of drug-likeness (QED) is 0.823. The summed E-state index contributed by atoms with van der Waals surface area (Å²) in [7, 11) is 0. The summed E-state index contributed by atoms with van der Waals surface area (Å²) in [5.74, 6) is 0. The van der Waals surface area contributed by atoms with E-state index < -0.39 is 0 Å². The van der Waals surface area contributed by atoms with Crippen LogP contribution in [0.25, 0.3) is 0 Å². The number of halogens is 1. The van der Waals surface area contributed by atoms with E-state index in [0.717, 1.165) is 23.0 Å². The molecule has 0 aliphatic heterocycles. The lowest BCUT2D eigenvalue weighted by Crippen LogP contribution is -2.39. The Morgan fingerprint density at radius 1 is 1.28 bits per heavy atom. The molecule has 3 N–H and O–H groups in total. The summed E-state index contributed by atoms with van der Waals surface area (Å²) in [4.78, 5) is 0. The first-order valence-electron chi connectivity index (χ1n) is 6.42. The Balaban J connectivity index is 2.08. The third-order valence-electron chi connectivity index (χ3n) is 3.51. The number of hydrogen-bond donors (Lipinski definition) is 2. The second kappa shape index (κ2) is 6.21. The van der Waals surface area contributed by atoms with E-state index in [1.165, 1.54) is 19.3 Å². The summed E-state index contributed by atoms with van der Waals surface area (Å²) in [6.07, 6.45) is 5.97. The zero-order valence-electron chi connectivity index (χ0n) is 10.3. The van der Waals surface area contributed by atoms with Gasteiger partial charge in [-0.25, -0.2) is 0 Å². The molecule has 96 valence electrons. The van der Waals surface area contributed by atoms with Gasteiger partial charge in [0.1, 0.15) is 6.07 Å². The van der Waals surface area contributed by atoms with Crippen LogP contribution in [0.4, 0.5) is 5.69 Å². The third-order valence-corrected chi connectivity index (χ3v) is 4.17. The molecule has 0 amide bonds. The standard InChI is InChI=1S/C14H18BrN3/c15-12-8-11(7-6-10(12)9-16)18-14-5-3-1-2-4-13(14)17/h6-8,13-14,18H,1-5,17H2. The molecule has 1 fully saturated rings. The van der Waals surface area contributed by atoms with Gasteiger partial charge >= 0.3 is 0 Å². The predicted molar refractivity (Wildman–Crippen MR) is 77.3 cm³/mol. The van der Waals surface area contributed by atoms with Gasteiger partial charge in [-0.3, -0.25) is 0 Å². The maximum Gasteiger partial charge on any atom is 0.100 e. The fourth-order valence-electron chi connectivity index (χ4n) is 2.43. The zero-order valence-corrected chi connectivity index (χ0v) is 11.9. The molecule has 4 heteroatoms. The van der Waals surface area contributed by atoms with Crippen molar-refractivity contribution in [2.45, 2.75) is 44.2 Å². The Kier molecular flexibility index (Phi) is 4.62. The van der Waals surface area contributed by atoms with E-state index in [9.17, 15) is 0 Å². The molecule has 1 aromatic rings. The number of anilines is 1. The van der Waals surface area contributed by atoms with Crippen molar-refractivity contribution < 1.29 is 0 Å². The normalized spacial score (nSPS) is 24.1. The van der Waals surface area contributed by atoms with Crippen LogP contribution in [0.5, 0.6) is 0 Å². The van der Waals surface area contributed by atoms with Gasteiger partial charge in [-0.05, 0) is 47.0 Å². The van der Waals surface area contributed by atoms with Crippen LogP contribution >= 0.6 is 15.9 Å². The van der Waals surface area contributed by atoms with E-state index in [1.54, 1.807) is 0 Å². The van der Waals surface area contributed by atoms with Crippen molar-refractivity contribution in [3.63, 3.8) is 0 Å². The third kappa shape index (κ3) is 3.24. The van der Waals surface area contributed by atoms with Crippen LogP contribution in [-0.2, 0) is 0 Å². The lowest BCUT2D eigenvalue weighted by Gasteiger charge is -2.24. The maximum atomic E-state index is 8.89. The highest BCUT2D eigenvalue weighted by Crippen LogP contribution is 2.24. The molecule has 2 rings (SSSR count). The minimum atomic E-state index is 0.224. The van der Waals surface area contributed by atoms with Crippen molar-refractivity contribution in [3.05, 3.63) is 28.2 Å². The number of benzene rings is 1. The van der Waals surface area contributed by atoms with Crippen LogP contribution in [-0.4, -0.2) is 12.1 Å². The smallest absolute Gasteiger partial charge is 0.100 e. The molecular weight excluding hydrogens is 290 g/mol. The largest absolute Gasteiger partial charge is 0.381 e. The van der Waals surface area contributed by atoms with Crippen LogP contribution in [0.3, 0.4) is 0 Å². The predicted octanol–water partition coefficient (Wildman–Crippen LogP) is 3.39. The summed E-state index contributed by atoms with van der Waals surface area (Å²) < 4.78 is 0.831. The first-order valence-corrected chi connectivity index (χ1v) is 7.22. The Hall–Kier alpha value is -1.05. The van der Waals surface area contributed by atoms with Gasteiger partial charge in [-0.1, -0.05) is 19.3 Å². The molecule has 0 heterocycles. The highest BCUT2D eigenvalue weighted by atomic mass is 79.9. The number of nitrogens with zero attached hydrogens (tertiary/aromatic N) is 1. The first kappa shape index (κ1) is 13.4. The molecule has 3 nitrogen and oxygen atoms in total. The Bertz CT molecular complexity index is 453. The van der Waals surface area contributed by atoms with Gasteiger partial charge in [0.2, 0.25) is 0 Å². The van der Waals surface area contributed by atoms with Gasteiger partial charge in [0, 0.05) is 22.2 Å². The molecule has 18 heavy (non-hydrogen) atoms. The highest BCUT2D eigenvalue weighted by Gasteiger charge is 2.20. The Morgan fingerprint density at radius 3 is 2.78 bits per heavy atom. The van der Waals surface area contributed by atoms with E-state index in [2.05, 4.69) is 27.3 Å². The monoisotopic (exact) mass is 307 g/mol. The molecule has 1 aliphatic rings. The topological polar surface area (TPSA) is 61.8 Å². The number of nitriles is 1. The van der Waals surface area contributed by atoms with E-state index in [1.807, 2.05) is 18.2 Å². The minimum absolute atomic E-state index is 0.224. The highest BCUT2D eigenvalue weighted by molar-refractivity contribution is 9.10. The molecule has 0 spiro atoms. The van der Waals surface area contributed by atoms with Crippen LogP contribution < -0.4 is 11.1 Å². The van der Waals surface area contributed by atoms with Crippen molar-refractivity contribution in [1.29, 1.82) is 5.26 Å². The van der Waals surface area contributed by atoms with Crippen molar-refractivity contribution >= 4 is 21.6 Å². The number of nitrogens with two attached hydrogens (primary N) is 1. The summed E-state index contributed by atoms with van der Waals surface area (Å²) in [6.45, 7) is 0. The summed E-state index contributed by atoms with van der Waals surface area (Å²) in [5, 5.41) is 12.4. The van der Waals surface area contributed by atoms with Gasteiger partial charge in [0.05, 0.1) is 5.56 Å². The molecule has 1 aromatic carbocycles. The number of hydrogen-bond acceptors (Lipinski definition) is 3. The van der Waals surface area contributed by atoms with E-state index in [4.69, 9.17) is 11.0 Å². The summed E-state index contributed by atoms with van der Waals surface area (Å²) in [6, 6.07) is 8.44. The second-order valence-corrected chi connectivity index (χ2v) is 5.71. The lowest BCUT2D eigenvalue weighted by atomic mass is 10.0. The lowest BCUT2D eigenvalue weighted by molar-refractivity contribution is 0.528. The fraction of sp³-hybridized carbons (Fsp3) is 0.500. The number of rotatable bonds is 2. The number of nitrogens with one attached hydrogen (secondary N) is 1. The molecule has 2 unspecified atom stereocenters. The van der Waals surface area contributed by atoms with E-state index >= 15 is 0 Å². The molecule has 1 saturated carbocycles. The molecule has 0 radical (unpaired) electrons. The van der Waals surface area contributed by atoms with Gasteiger partial charge < -0.3 is 11.1 Å². The van der Waals surface area contributed by atoms with Crippen molar-refractivity contribution in [2.75, 3.05) is 5.32 Å². The molecular formula is C14H18BrN3. The van der Waals surface area contributed by atoms with Crippen LogP contribution in [0, 0.1) is 11.3 Å². The summed E-state index contributed by atoms with van der Waals surface area (Å²) >= 11 is 3.41. The average molecular weight is 308 g/mol. The van der Waals surface area contributed by atoms with Crippen LogP contribution in [0.1, 0.15) is 37.7 Å². The van der Waals surface area contributed by atoms with Gasteiger partial charge in [-0.2, -0.15) is 5.26 Å². The SMILES string of the molecule is N#Cc1ccc(NC2CCCCCC2N)cc1Br. The molecule has 0 saturated heterocycles. The van der Waals surface area contributed by atoms with Crippen LogP contribution in [0.2, 0.25) is 0 Å². The second-order valence-electron chi connectivity index (χ2n) is 4.86. The molecule has 1 aliphatic carbocycles. The minimum Gasteiger partial charge on any atom is -0.381 e. The summed E-state index contributed by atoms with van der Waals surface area (Å²) in [5.41, 5.74) is 7.88. The van der Waals surface area contributed by atoms with Crippen molar-refractivity contribution in [2.24, 2.45) is 5.73 Å². The molecule has 0 aromatic heterocycles. The zero-order chi connectivity index (χ0) is 13.0. The van der Waals surface area contributed by atoms with E-state index in [0.29, 0.717) is 11.6 Å². The first-order chi connectivity index (χ1) is 8.70. The van der Waals surface area contributed by atoms with Crippen molar-refractivity contribution in [3.8, 4) is 6.07 Å². The maximum absolute atomic E-state index is 8.89. The Labute approximate surface area is 116 Å². The average Bonchev–Trinajstić information content (AvgIpc) is 2.55. The Morgan fingerprint density at radius 2 is 2.06 bits per heavy atom. The van der Waals surface area contributed by atoms with E-state index in [-0.39, 0.29) is 6.04 Å². The van der Waals surface area contributed by atoms with Crippen LogP contribution in [0.15, 0.2) is 22.7 Å².